The standard InChI is InChI=1S/C13H26N2/c1-4-12(10(2)3)14-13-6-8-15-7-5-11(13)9-15/h10-14H,4-9H2,1-3H3. The quantitative estimate of drug-likeness (QED) is 0.764. The highest BCUT2D eigenvalue weighted by atomic mass is 15.2. The van der Waals surface area contributed by atoms with E-state index in [4.69, 9.17) is 0 Å². The molecular weight excluding hydrogens is 184 g/mol. The second-order valence-electron chi connectivity index (χ2n) is 5.67. The van der Waals surface area contributed by atoms with E-state index in [-0.39, 0.29) is 0 Å². The molecule has 2 aliphatic heterocycles. The second kappa shape index (κ2) is 4.84. The van der Waals surface area contributed by atoms with Crippen LogP contribution in [0, 0.1) is 11.8 Å². The average Bonchev–Trinajstić information content (AvgIpc) is 2.60. The zero-order valence-corrected chi connectivity index (χ0v) is 10.5. The summed E-state index contributed by atoms with van der Waals surface area (Å²) in [5.74, 6) is 1.71. The zero-order valence-electron chi connectivity index (χ0n) is 10.5. The average molecular weight is 210 g/mol. The lowest BCUT2D eigenvalue weighted by Gasteiger charge is -2.35. The first kappa shape index (κ1) is 11.4. The van der Waals surface area contributed by atoms with Gasteiger partial charge in [-0.05, 0) is 44.2 Å². The summed E-state index contributed by atoms with van der Waals surface area (Å²) < 4.78 is 0. The Morgan fingerprint density at radius 2 is 2.00 bits per heavy atom. The van der Waals surface area contributed by atoms with E-state index < -0.39 is 0 Å². The lowest BCUT2D eigenvalue weighted by atomic mass is 9.91. The predicted octanol–water partition coefficient (Wildman–Crippen LogP) is 2.10. The van der Waals surface area contributed by atoms with Gasteiger partial charge in [0.25, 0.3) is 0 Å². The fourth-order valence-electron chi connectivity index (χ4n) is 3.23. The zero-order chi connectivity index (χ0) is 10.8. The molecule has 88 valence electrons. The first-order valence-corrected chi connectivity index (χ1v) is 6.69. The maximum absolute atomic E-state index is 3.91. The molecule has 0 saturated carbocycles. The maximum atomic E-state index is 3.91. The van der Waals surface area contributed by atoms with Gasteiger partial charge in [-0.15, -0.1) is 0 Å². The van der Waals surface area contributed by atoms with E-state index in [0.29, 0.717) is 0 Å². The molecule has 2 bridgehead atoms. The fourth-order valence-corrected chi connectivity index (χ4v) is 3.23. The van der Waals surface area contributed by atoms with Crippen molar-refractivity contribution >= 4 is 0 Å². The van der Waals surface area contributed by atoms with Crippen LogP contribution in [0.5, 0.6) is 0 Å². The molecule has 0 aromatic carbocycles. The molecule has 2 rings (SSSR count). The van der Waals surface area contributed by atoms with Gasteiger partial charge in [0.1, 0.15) is 0 Å². The highest BCUT2D eigenvalue weighted by molar-refractivity contribution is 4.92. The van der Waals surface area contributed by atoms with Crippen molar-refractivity contribution in [1.29, 1.82) is 0 Å². The SMILES string of the molecule is CCC(NC1CCN2CCC1C2)C(C)C. The first-order valence-electron chi connectivity index (χ1n) is 6.69. The molecule has 2 aliphatic rings. The monoisotopic (exact) mass is 210 g/mol. The molecular formula is C13H26N2. The smallest absolute Gasteiger partial charge is 0.0123 e. The van der Waals surface area contributed by atoms with Crippen molar-refractivity contribution in [2.75, 3.05) is 19.6 Å². The van der Waals surface area contributed by atoms with Crippen LogP contribution in [0.25, 0.3) is 0 Å². The van der Waals surface area contributed by atoms with Crippen LogP contribution < -0.4 is 5.32 Å². The Balaban J connectivity index is 1.87. The molecule has 0 aromatic heterocycles. The minimum atomic E-state index is 0.724. The van der Waals surface area contributed by atoms with Gasteiger partial charge in [-0.3, -0.25) is 0 Å². The summed E-state index contributed by atoms with van der Waals surface area (Å²) in [6, 6.07) is 1.53. The molecule has 0 aliphatic carbocycles. The first-order chi connectivity index (χ1) is 7.20. The molecule has 4 unspecified atom stereocenters. The van der Waals surface area contributed by atoms with E-state index in [9.17, 15) is 0 Å². The van der Waals surface area contributed by atoms with Gasteiger partial charge in [0.05, 0.1) is 0 Å². The van der Waals surface area contributed by atoms with Gasteiger partial charge in [-0.1, -0.05) is 20.8 Å². The summed E-state index contributed by atoms with van der Waals surface area (Å²) in [6.45, 7) is 11.0. The highest BCUT2D eigenvalue weighted by Crippen LogP contribution is 2.28. The molecule has 15 heavy (non-hydrogen) atoms. The largest absolute Gasteiger partial charge is 0.311 e. The van der Waals surface area contributed by atoms with Gasteiger partial charge in [-0.2, -0.15) is 0 Å². The van der Waals surface area contributed by atoms with Crippen molar-refractivity contribution in [2.24, 2.45) is 11.8 Å². The van der Waals surface area contributed by atoms with Gasteiger partial charge < -0.3 is 10.2 Å². The Kier molecular flexibility index (Phi) is 3.68. The summed E-state index contributed by atoms with van der Waals surface area (Å²) in [6.07, 6.45) is 4.06. The maximum Gasteiger partial charge on any atom is 0.0123 e. The Hall–Kier alpha value is -0.0800. The van der Waals surface area contributed by atoms with Crippen molar-refractivity contribution < 1.29 is 0 Å². The third kappa shape index (κ3) is 2.54. The summed E-state index contributed by atoms with van der Waals surface area (Å²) in [5, 5.41) is 3.91. The third-order valence-electron chi connectivity index (χ3n) is 4.31. The summed E-state index contributed by atoms with van der Waals surface area (Å²) in [4.78, 5) is 2.62. The summed E-state index contributed by atoms with van der Waals surface area (Å²) >= 11 is 0. The third-order valence-corrected chi connectivity index (χ3v) is 4.31. The number of rotatable bonds is 4. The van der Waals surface area contributed by atoms with Crippen LogP contribution in [0.1, 0.15) is 40.0 Å². The molecule has 0 aromatic rings. The number of hydrogen-bond acceptors (Lipinski definition) is 2. The molecule has 1 N–H and O–H groups in total. The van der Waals surface area contributed by atoms with Crippen LogP contribution in [-0.2, 0) is 0 Å². The van der Waals surface area contributed by atoms with E-state index in [0.717, 1.165) is 23.9 Å². The molecule has 0 radical (unpaired) electrons. The van der Waals surface area contributed by atoms with E-state index >= 15 is 0 Å². The molecule has 2 heteroatoms. The number of hydrogen-bond donors (Lipinski definition) is 1. The van der Waals surface area contributed by atoms with Crippen LogP contribution >= 0.6 is 0 Å². The van der Waals surface area contributed by atoms with E-state index in [1.54, 1.807) is 0 Å². The van der Waals surface area contributed by atoms with E-state index in [1.807, 2.05) is 0 Å². The molecule has 4 atom stereocenters. The van der Waals surface area contributed by atoms with Crippen molar-refractivity contribution in [3.8, 4) is 0 Å². The Bertz CT molecular complexity index is 203. The van der Waals surface area contributed by atoms with Crippen molar-refractivity contribution in [2.45, 2.75) is 52.1 Å². The Morgan fingerprint density at radius 3 is 2.67 bits per heavy atom. The predicted molar refractivity (Wildman–Crippen MR) is 65.0 cm³/mol. The van der Waals surface area contributed by atoms with Crippen LogP contribution in [-0.4, -0.2) is 36.6 Å². The molecule has 0 amide bonds. The van der Waals surface area contributed by atoms with Crippen LogP contribution in [0.3, 0.4) is 0 Å². The molecule has 2 fully saturated rings. The van der Waals surface area contributed by atoms with Gasteiger partial charge in [-0.25, -0.2) is 0 Å². The molecule has 2 heterocycles. The lowest BCUT2D eigenvalue weighted by Crippen LogP contribution is -2.49. The Labute approximate surface area is 94.4 Å². The molecule has 2 nitrogen and oxygen atoms in total. The molecule has 0 spiro atoms. The summed E-state index contributed by atoms with van der Waals surface area (Å²) in [5.41, 5.74) is 0. The number of fused-ring (bicyclic) bond motifs is 2. The van der Waals surface area contributed by atoms with E-state index in [1.165, 1.54) is 38.9 Å². The minimum Gasteiger partial charge on any atom is -0.311 e. The number of nitrogens with zero attached hydrogens (tertiary/aromatic N) is 1. The van der Waals surface area contributed by atoms with Crippen molar-refractivity contribution in [3.63, 3.8) is 0 Å². The minimum absolute atomic E-state index is 0.724. The van der Waals surface area contributed by atoms with Crippen LogP contribution in [0.4, 0.5) is 0 Å². The topological polar surface area (TPSA) is 15.3 Å². The normalized spacial score (nSPS) is 37.2. The van der Waals surface area contributed by atoms with E-state index in [2.05, 4.69) is 31.0 Å². The van der Waals surface area contributed by atoms with Crippen LogP contribution in [0.2, 0.25) is 0 Å². The Morgan fingerprint density at radius 1 is 1.27 bits per heavy atom. The molecule has 2 saturated heterocycles. The second-order valence-corrected chi connectivity index (χ2v) is 5.67. The highest BCUT2D eigenvalue weighted by Gasteiger charge is 2.34. The van der Waals surface area contributed by atoms with Gasteiger partial charge >= 0.3 is 0 Å². The van der Waals surface area contributed by atoms with Gasteiger partial charge in [0.15, 0.2) is 0 Å². The fraction of sp³-hybridized carbons (Fsp3) is 1.00. The lowest BCUT2D eigenvalue weighted by molar-refractivity contribution is 0.197. The van der Waals surface area contributed by atoms with Crippen molar-refractivity contribution in [3.05, 3.63) is 0 Å². The number of piperidine rings is 1. The summed E-state index contributed by atoms with van der Waals surface area (Å²) in [7, 11) is 0. The number of nitrogens with one attached hydrogen (secondary N) is 1. The van der Waals surface area contributed by atoms with Crippen molar-refractivity contribution in [1.82, 2.24) is 10.2 Å². The van der Waals surface area contributed by atoms with Gasteiger partial charge in [0, 0.05) is 18.6 Å². The van der Waals surface area contributed by atoms with Crippen LogP contribution in [0.15, 0.2) is 0 Å². The van der Waals surface area contributed by atoms with Gasteiger partial charge in [0.2, 0.25) is 0 Å².